The SMILES string of the molecule is COC(=O)C(OC(=O)c1cccn1C(C)c1ccccc1)C(C)C. The Balaban J connectivity index is 2.23. The molecule has 2 atom stereocenters. The van der Waals surface area contributed by atoms with Gasteiger partial charge in [-0.3, -0.25) is 0 Å². The number of nitrogens with zero attached hydrogens (tertiary/aromatic N) is 1. The Hall–Kier alpha value is -2.56. The Labute approximate surface area is 142 Å². The monoisotopic (exact) mass is 329 g/mol. The molecule has 2 rings (SSSR count). The van der Waals surface area contributed by atoms with Crippen LogP contribution in [0.5, 0.6) is 0 Å². The molecule has 0 aliphatic heterocycles. The molecule has 0 amide bonds. The molecule has 5 nitrogen and oxygen atoms in total. The first kappa shape index (κ1) is 17.8. The van der Waals surface area contributed by atoms with Crippen LogP contribution < -0.4 is 0 Å². The summed E-state index contributed by atoms with van der Waals surface area (Å²) < 4.78 is 12.0. The van der Waals surface area contributed by atoms with E-state index in [0.29, 0.717) is 5.69 Å². The third-order valence-corrected chi connectivity index (χ3v) is 3.96. The van der Waals surface area contributed by atoms with Gasteiger partial charge >= 0.3 is 11.9 Å². The van der Waals surface area contributed by atoms with Gasteiger partial charge in [0.25, 0.3) is 0 Å². The summed E-state index contributed by atoms with van der Waals surface area (Å²) >= 11 is 0. The minimum atomic E-state index is -0.919. The average molecular weight is 329 g/mol. The fourth-order valence-electron chi connectivity index (χ4n) is 2.54. The summed E-state index contributed by atoms with van der Waals surface area (Å²) in [6, 6.07) is 13.3. The van der Waals surface area contributed by atoms with Crippen molar-refractivity contribution in [1.29, 1.82) is 0 Å². The first-order valence-electron chi connectivity index (χ1n) is 7.96. The van der Waals surface area contributed by atoms with E-state index in [-0.39, 0.29) is 12.0 Å². The third kappa shape index (κ3) is 3.85. The third-order valence-electron chi connectivity index (χ3n) is 3.96. The van der Waals surface area contributed by atoms with E-state index in [0.717, 1.165) is 5.56 Å². The first-order chi connectivity index (χ1) is 11.5. The lowest BCUT2D eigenvalue weighted by atomic mass is 10.1. The molecule has 0 N–H and O–H groups in total. The number of rotatable bonds is 6. The second-order valence-corrected chi connectivity index (χ2v) is 5.98. The van der Waals surface area contributed by atoms with Gasteiger partial charge in [0.2, 0.25) is 6.10 Å². The maximum Gasteiger partial charge on any atom is 0.355 e. The fraction of sp³-hybridized carbons (Fsp3) is 0.368. The highest BCUT2D eigenvalue weighted by atomic mass is 16.6. The van der Waals surface area contributed by atoms with Gasteiger partial charge in [0.1, 0.15) is 5.69 Å². The number of hydrogen-bond donors (Lipinski definition) is 0. The van der Waals surface area contributed by atoms with Crippen LogP contribution in [0.4, 0.5) is 0 Å². The van der Waals surface area contributed by atoms with Crippen LogP contribution in [0.2, 0.25) is 0 Å². The summed E-state index contributed by atoms with van der Waals surface area (Å²) in [5.41, 5.74) is 1.48. The van der Waals surface area contributed by atoms with E-state index in [9.17, 15) is 9.59 Å². The van der Waals surface area contributed by atoms with Gasteiger partial charge in [0.05, 0.1) is 13.2 Å². The molecule has 0 saturated carbocycles. The molecule has 5 heteroatoms. The highest BCUT2D eigenvalue weighted by Crippen LogP contribution is 2.21. The molecule has 2 aromatic rings. The number of carbonyl (C=O) groups excluding carboxylic acids is 2. The lowest BCUT2D eigenvalue weighted by Gasteiger charge is -2.21. The minimum Gasteiger partial charge on any atom is -0.466 e. The number of ether oxygens (including phenoxy) is 2. The number of benzene rings is 1. The van der Waals surface area contributed by atoms with Crippen molar-refractivity contribution in [2.45, 2.75) is 32.9 Å². The summed E-state index contributed by atoms with van der Waals surface area (Å²) in [4.78, 5) is 24.3. The van der Waals surface area contributed by atoms with Crippen molar-refractivity contribution in [3.63, 3.8) is 0 Å². The van der Waals surface area contributed by atoms with Crippen LogP contribution in [0.3, 0.4) is 0 Å². The molecule has 0 saturated heterocycles. The molecule has 0 radical (unpaired) electrons. The molecule has 0 bridgehead atoms. The smallest absolute Gasteiger partial charge is 0.355 e. The lowest BCUT2D eigenvalue weighted by molar-refractivity contribution is -0.153. The molecule has 1 aromatic heterocycles. The molecule has 1 aromatic carbocycles. The molecule has 0 aliphatic rings. The van der Waals surface area contributed by atoms with E-state index in [2.05, 4.69) is 0 Å². The summed E-state index contributed by atoms with van der Waals surface area (Å²) in [7, 11) is 1.28. The highest BCUT2D eigenvalue weighted by Gasteiger charge is 2.29. The van der Waals surface area contributed by atoms with Crippen LogP contribution in [-0.4, -0.2) is 29.7 Å². The number of aromatic nitrogens is 1. The minimum absolute atomic E-state index is 0.0284. The van der Waals surface area contributed by atoms with Crippen LogP contribution in [0.1, 0.15) is 42.9 Å². The van der Waals surface area contributed by atoms with Gasteiger partial charge in [-0.25, -0.2) is 9.59 Å². The second kappa shape index (κ2) is 7.81. The Morgan fingerprint density at radius 1 is 1.00 bits per heavy atom. The number of methoxy groups -OCH3 is 1. The Morgan fingerprint density at radius 3 is 2.25 bits per heavy atom. The topological polar surface area (TPSA) is 57.5 Å². The van der Waals surface area contributed by atoms with Crippen molar-refractivity contribution in [2.24, 2.45) is 5.92 Å². The Bertz CT molecular complexity index is 690. The normalized spacial score (nSPS) is 13.4. The molecule has 128 valence electrons. The van der Waals surface area contributed by atoms with Gasteiger partial charge in [0, 0.05) is 12.1 Å². The summed E-state index contributed by atoms with van der Waals surface area (Å²) in [6.45, 7) is 5.62. The van der Waals surface area contributed by atoms with Gasteiger partial charge in [-0.05, 0) is 24.6 Å². The second-order valence-electron chi connectivity index (χ2n) is 5.98. The summed E-state index contributed by atoms with van der Waals surface area (Å²) in [6.07, 6.45) is 0.912. The quantitative estimate of drug-likeness (QED) is 0.762. The predicted molar refractivity (Wildman–Crippen MR) is 90.7 cm³/mol. The van der Waals surface area contributed by atoms with Crippen molar-refractivity contribution in [3.05, 3.63) is 59.9 Å². The lowest BCUT2D eigenvalue weighted by Crippen LogP contribution is -2.33. The summed E-state index contributed by atoms with van der Waals surface area (Å²) in [5, 5.41) is 0. The first-order valence-corrected chi connectivity index (χ1v) is 7.96. The van der Waals surface area contributed by atoms with Crippen molar-refractivity contribution in [2.75, 3.05) is 7.11 Å². The van der Waals surface area contributed by atoms with E-state index < -0.39 is 18.0 Å². The highest BCUT2D eigenvalue weighted by molar-refractivity contribution is 5.90. The molecular weight excluding hydrogens is 306 g/mol. The van der Waals surface area contributed by atoms with E-state index in [1.807, 2.05) is 48.0 Å². The standard InChI is InChI=1S/C19H23NO4/c1-13(2)17(19(22)23-4)24-18(21)16-11-8-12-20(16)14(3)15-9-6-5-7-10-15/h5-14,17H,1-4H3. The molecule has 0 spiro atoms. The van der Waals surface area contributed by atoms with Gasteiger partial charge in [0.15, 0.2) is 0 Å². The molecule has 0 fully saturated rings. The zero-order chi connectivity index (χ0) is 17.7. The Kier molecular flexibility index (Phi) is 5.79. The molecule has 0 aliphatic carbocycles. The molecule has 24 heavy (non-hydrogen) atoms. The fourth-order valence-corrected chi connectivity index (χ4v) is 2.54. The molecule has 2 unspecified atom stereocenters. The van der Waals surface area contributed by atoms with Crippen molar-refractivity contribution in [3.8, 4) is 0 Å². The van der Waals surface area contributed by atoms with E-state index in [1.54, 1.807) is 26.0 Å². The van der Waals surface area contributed by atoms with Crippen LogP contribution in [-0.2, 0) is 14.3 Å². The molecule has 1 heterocycles. The predicted octanol–water partition coefficient (Wildman–Crippen LogP) is 3.45. The van der Waals surface area contributed by atoms with Gasteiger partial charge < -0.3 is 14.0 Å². The van der Waals surface area contributed by atoms with Crippen LogP contribution in [0, 0.1) is 5.92 Å². The van der Waals surface area contributed by atoms with Crippen LogP contribution in [0.25, 0.3) is 0 Å². The van der Waals surface area contributed by atoms with Crippen LogP contribution in [0.15, 0.2) is 48.7 Å². The zero-order valence-electron chi connectivity index (χ0n) is 14.4. The van der Waals surface area contributed by atoms with Crippen LogP contribution >= 0.6 is 0 Å². The number of esters is 2. The number of hydrogen-bond acceptors (Lipinski definition) is 4. The Morgan fingerprint density at radius 2 is 1.67 bits per heavy atom. The van der Waals surface area contributed by atoms with Crippen molar-refractivity contribution in [1.82, 2.24) is 4.57 Å². The van der Waals surface area contributed by atoms with Crippen molar-refractivity contribution >= 4 is 11.9 Å². The maximum atomic E-state index is 12.5. The van der Waals surface area contributed by atoms with Gasteiger partial charge in [-0.2, -0.15) is 0 Å². The maximum absolute atomic E-state index is 12.5. The summed E-state index contributed by atoms with van der Waals surface area (Å²) in [5.74, 6) is -1.25. The molecular formula is C19H23NO4. The van der Waals surface area contributed by atoms with Crippen molar-refractivity contribution < 1.29 is 19.1 Å². The van der Waals surface area contributed by atoms with E-state index >= 15 is 0 Å². The van der Waals surface area contributed by atoms with E-state index in [4.69, 9.17) is 9.47 Å². The average Bonchev–Trinajstić information content (AvgIpc) is 3.08. The van der Waals surface area contributed by atoms with Gasteiger partial charge in [-0.15, -0.1) is 0 Å². The number of carbonyl (C=O) groups is 2. The van der Waals surface area contributed by atoms with Gasteiger partial charge in [-0.1, -0.05) is 44.2 Å². The largest absolute Gasteiger partial charge is 0.466 e. The van der Waals surface area contributed by atoms with E-state index in [1.165, 1.54) is 7.11 Å². The zero-order valence-corrected chi connectivity index (χ0v) is 14.4.